The summed E-state index contributed by atoms with van der Waals surface area (Å²) in [5.41, 5.74) is 0. The highest BCUT2D eigenvalue weighted by atomic mass is 16.5. The van der Waals surface area contributed by atoms with Crippen LogP contribution < -0.4 is 5.32 Å². The predicted octanol–water partition coefficient (Wildman–Crippen LogP) is -0.281. The Balaban J connectivity index is 1.99. The number of hydrogen-bond donors (Lipinski definition) is 1. The first-order valence-electron chi connectivity index (χ1n) is 4.78. The van der Waals surface area contributed by atoms with Gasteiger partial charge in [0.2, 0.25) is 5.91 Å². The second-order valence-corrected chi connectivity index (χ2v) is 3.34. The molecule has 1 heterocycles. The van der Waals surface area contributed by atoms with Gasteiger partial charge in [-0.3, -0.25) is 14.5 Å². The van der Waals surface area contributed by atoms with Gasteiger partial charge in [0.15, 0.2) is 0 Å². The van der Waals surface area contributed by atoms with E-state index in [0.717, 1.165) is 19.4 Å². The molecule has 0 spiro atoms. The molecule has 5 heteroatoms. The quantitative estimate of drug-likeness (QED) is 0.490. The average molecular weight is 200 g/mol. The van der Waals surface area contributed by atoms with E-state index in [1.54, 1.807) is 0 Å². The van der Waals surface area contributed by atoms with Crippen LogP contribution in [0.1, 0.15) is 19.3 Å². The number of carbonyl (C=O) groups excluding carboxylic acids is 2. The minimum Gasteiger partial charge on any atom is -0.469 e. The number of methoxy groups -OCH3 is 1. The van der Waals surface area contributed by atoms with E-state index in [1.807, 2.05) is 4.90 Å². The van der Waals surface area contributed by atoms with Crippen molar-refractivity contribution in [3.63, 3.8) is 0 Å². The van der Waals surface area contributed by atoms with E-state index in [4.69, 9.17) is 0 Å². The van der Waals surface area contributed by atoms with E-state index in [0.29, 0.717) is 19.6 Å². The molecule has 1 aliphatic rings. The van der Waals surface area contributed by atoms with Gasteiger partial charge in [0.1, 0.15) is 0 Å². The summed E-state index contributed by atoms with van der Waals surface area (Å²) in [5, 5.41) is 2.73. The third-order valence-corrected chi connectivity index (χ3v) is 2.20. The Kier molecular flexibility index (Phi) is 4.39. The van der Waals surface area contributed by atoms with Gasteiger partial charge in [-0.05, 0) is 12.8 Å². The Morgan fingerprint density at radius 3 is 2.93 bits per heavy atom. The zero-order chi connectivity index (χ0) is 10.4. The molecule has 0 bridgehead atoms. The van der Waals surface area contributed by atoms with Crippen LogP contribution in [0.4, 0.5) is 0 Å². The standard InChI is InChI=1S/C9H16N2O3/c1-14-9(13)4-2-3-5-11-6-8(12)10-7-11/h2-7H2,1H3,(H,10,12). The first-order valence-corrected chi connectivity index (χ1v) is 4.78. The van der Waals surface area contributed by atoms with Gasteiger partial charge in [0.25, 0.3) is 0 Å². The van der Waals surface area contributed by atoms with Crippen LogP contribution in [-0.2, 0) is 14.3 Å². The van der Waals surface area contributed by atoms with Gasteiger partial charge in [-0.1, -0.05) is 0 Å². The molecule has 0 atom stereocenters. The fourth-order valence-corrected chi connectivity index (χ4v) is 1.38. The Labute approximate surface area is 83.4 Å². The maximum atomic E-state index is 10.8. The number of ether oxygens (including phenoxy) is 1. The normalized spacial score (nSPS) is 16.8. The van der Waals surface area contributed by atoms with Crippen LogP contribution >= 0.6 is 0 Å². The summed E-state index contributed by atoms with van der Waals surface area (Å²) in [7, 11) is 1.39. The third kappa shape index (κ3) is 3.74. The molecule has 1 aliphatic heterocycles. The SMILES string of the molecule is COC(=O)CCCCN1CNC(=O)C1. The van der Waals surface area contributed by atoms with Crippen LogP contribution in [0, 0.1) is 0 Å². The molecule has 1 fully saturated rings. The highest BCUT2D eigenvalue weighted by molar-refractivity contribution is 5.79. The van der Waals surface area contributed by atoms with E-state index in [-0.39, 0.29) is 11.9 Å². The lowest BCUT2D eigenvalue weighted by atomic mass is 10.2. The highest BCUT2D eigenvalue weighted by Gasteiger charge is 2.17. The van der Waals surface area contributed by atoms with Crippen molar-refractivity contribution in [1.29, 1.82) is 0 Å². The van der Waals surface area contributed by atoms with Gasteiger partial charge in [-0.15, -0.1) is 0 Å². The lowest BCUT2D eigenvalue weighted by Gasteiger charge is -2.11. The molecule has 0 aromatic rings. The van der Waals surface area contributed by atoms with Crippen LogP contribution in [0.15, 0.2) is 0 Å². The number of nitrogens with zero attached hydrogens (tertiary/aromatic N) is 1. The number of unbranched alkanes of at least 4 members (excludes halogenated alkanes) is 1. The van der Waals surface area contributed by atoms with Crippen molar-refractivity contribution in [2.75, 3.05) is 26.9 Å². The van der Waals surface area contributed by atoms with Gasteiger partial charge in [0, 0.05) is 13.0 Å². The maximum absolute atomic E-state index is 10.8. The van der Waals surface area contributed by atoms with Crippen molar-refractivity contribution in [2.24, 2.45) is 0 Å². The summed E-state index contributed by atoms with van der Waals surface area (Å²) in [6.07, 6.45) is 2.20. The molecule has 1 amide bonds. The van der Waals surface area contributed by atoms with Crippen LogP contribution in [-0.4, -0.2) is 43.6 Å². The second-order valence-electron chi connectivity index (χ2n) is 3.34. The van der Waals surface area contributed by atoms with Crippen molar-refractivity contribution in [3.05, 3.63) is 0 Å². The summed E-state index contributed by atoms with van der Waals surface area (Å²) >= 11 is 0. The number of carbonyl (C=O) groups is 2. The smallest absolute Gasteiger partial charge is 0.305 e. The van der Waals surface area contributed by atoms with Gasteiger partial charge < -0.3 is 10.1 Å². The van der Waals surface area contributed by atoms with Crippen LogP contribution in [0.2, 0.25) is 0 Å². The predicted molar refractivity (Wildman–Crippen MR) is 50.4 cm³/mol. The Bertz CT molecular complexity index is 218. The zero-order valence-corrected chi connectivity index (χ0v) is 8.41. The summed E-state index contributed by atoms with van der Waals surface area (Å²) in [5.74, 6) is -0.0846. The van der Waals surface area contributed by atoms with Gasteiger partial charge in [-0.2, -0.15) is 0 Å². The van der Waals surface area contributed by atoms with Crippen molar-refractivity contribution < 1.29 is 14.3 Å². The number of rotatable bonds is 5. The van der Waals surface area contributed by atoms with Gasteiger partial charge in [-0.25, -0.2) is 0 Å². The number of esters is 1. The van der Waals surface area contributed by atoms with E-state index >= 15 is 0 Å². The molecule has 0 radical (unpaired) electrons. The first-order chi connectivity index (χ1) is 6.72. The Morgan fingerprint density at radius 2 is 2.36 bits per heavy atom. The molecule has 0 aromatic carbocycles. The number of nitrogens with one attached hydrogen (secondary N) is 1. The van der Waals surface area contributed by atoms with E-state index in [2.05, 4.69) is 10.1 Å². The largest absolute Gasteiger partial charge is 0.469 e. The molecule has 0 aliphatic carbocycles. The van der Waals surface area contributed by atoms with Crippen molar-refractivity contribution in [1.82, 2.24) is 10.2 Å². The average Bonchev–Trinajstić information content (AvgIpc) is 2.58. The molecule has 14 heavy (non-hydrogen) atoms. The molecule has 5 nitrogen and oxygen atoms in total. The fourth-order valence-electron chi connectivity index (χ4n) is 1.38. The monoisotopic (exact) mass is 200 g/mol. The zero-order valence-electron chi connectivity index (χ0n) is 8.41. The van der Waals surface area contributed by atoms with E-state index < -0.39 is 0 Å². The van der Waals surface area contributed by atoms with E-state index in [9.17, 15) is 9.59 Å². The molecule has 1 N–H and O–H groups in total. The van der Waals surface area contributed by atoms with Crippen molar-refractivity contribution in [2.45, 2.75) is 19.3 Å². The summed E-state index contributed by atoms with van der Waals surface area (Å²) in [4.78, 5) is 23.6. The minimum atomic E-state index is -0.166. The Morgan fingerprint density at radius 1 is 1.57 bits per heavy atom. The lowest BCUT2D eigenvalue weighted by molar-refractivity contribution is -0.140. The summed E-state index contributed by atoms with van der Waals surface area (Å²) in [6.45, 7) is 1.98. The Hall–Kier alpha value is -1.10. The van der Waals surface area contributed by atoms with Gasteiger partial charge in [0.05, 0.1) is 20.3 Å². The molecule has 1 saturated heterocycles. The van der Waals surface area contributed by atoms with Crippen LogP contribution in [0.5, 0.6) is 0 Å². The third-order valence-electron chi connectivity index (χ3n) is 2.20. The minimum absolute atomic E-state index is 0.0815. The maximum Gasteiger partial charge on any atom is 0.305 e. The summed E-state index contributed by atoms with van der Waals surface area (Å²) in [6, 6.07) is 0. The molecular formula is C9H16N2O3. The van der Waals surface area contributed by atoms with Crippen LogP contribution in [0.25, 0.3) is 0 Å². The molecule has 0 unspecified atom stereocenters. The van der Waals surface area contributed by atoms with Crippen LogP contribution in [0.3, 0.4) is 0 Å². The second kappa shape index (κ2) is 5.59. The first kappa shape index (κ1) is 11.0. The number of hydrogen-bond acceptors (Lipinski definition) is 4. The number of amides is 1. The molecule has 0 aromatic heterocycles. The molecule has 0 saturated carbocycles. The fraction of sp³-hybridized carbons (Fsp3) is 0.778. The highest BCUT2D eigenvalue weighted by Crippen LogP contribution is 2.01. The van der Waals surface area contributed by atoms with E-state index in [1.165, 1.54) is 7.11 Å². The molecular weight excluding hydrogens is 184 g/mol. The van der Waals surface area contributed by atoms with Crippen molar-refractivity contribution >= 4 is 11.9 Å². The summed E-state index contributed by atoms with van der Waals surface area (Å²) < 4.78 is 4.52. The molecule has 80 valence electrons. The van der Waals surface area contributed by atoms with Gasteiger partial charge >= 0.3 is 5.97 Å². The van der Waals surface area contributed by atoms with Crippen molar-refractivity contribution in [3.8, 4) is 0 Å². The lowest BCUT2D eigenvalue weighted by Crippen LogP contribution is -2.23. The topological polar surface area (TPSA) is 58.6 Å². The molecule has 1 rings (SSSR count).